The Morgan fingerprint density at radius 3 is 2.07 bits per heavy atom. The molecule has 4 nitrogen and oxygen atoms in total. The van der Waals surface area contributed by atoms with Crippen LogP contribution in [-0.2, 0) is 0 Å². The van der Waals surface area contributed by atoms with Gasteiger partial charge in [-0.1, -0.05) is 84.0 Å². The molecule has 2 atom stereocenters. The van der Waals surface area contributed by atoms with Crippen molar-refractivity contribution in [2.24, 2.45) is 10.9 Å². The van der Waals surface area contributed by atoms with Crippen LogP contribution < -0.4 is 15.0 Å². The molecule has 1 N–H and O–H groups in total. The number of ether oxygens (including phenoxy) is 1. The van der Waals surface area contributed by atoms with Crippen LogP contribution in [0.4, 0.5) is 22.7 Å². The molecule has 42 heavy (non-hydrogen) atoms. The summed E-state index contributed by atoms with van der Waals surface area (Å²) >= 11 is 10.3. The average Bonchev–Trinajstić information content (AvgIpc) is 3.20. The number of amidine groups is 1. The standard InChI is InChI=1S/C35H28ClN3OS2/c1-40-24-20-18-23(19-21-24)34-25(22-37-27-11-3-2-10-26(27)36)35(38-28-12-4-7-15-31(28)42-34)39-29-13-5-8-16-32(29)41-33-17-9-6-14-30(33)39/h2-21,25,34,37H,22H2,1H3. The van der Waals surface area contributed by atoms with Crippen LogP contribution in [-0.4, -0.2) is 19.5 Å². The number of hydrogen-bond acceptors (Lipinski definition) is 6. The maximum Gasteiger partial charge on any atom is 0.120 e. The number of fused-ring (bicyclic) bond motifs is 3. The predicted octanol–water partition coefficient (Wildman–Crippen LogP) is 10.3. The summed E-state index contributed by atoms with van der Waals surface area (Å²) in [4.78, 5) is 11.5. The van der Waals surface area contributed by atoms with Gasteiger partial charge in [0.15, 0.2) is 0 Å². The molecule has 0 radical (unpaired) electrons. The van der Waals surface area contributed by atoms with Crippen LogP contribution in [0.15, 0.2) is 141 Å². The number of methoxy groups -OCH3 is 1. The summed E-state index contributed by atoms with van der Waals surface area (Å²) in [7, 11) is 1.70. The molecule has 0 saturated carbocycles. The first-order valence-corrected chi connectivity index (χ1v) is 15.9. The van der Waals surface area contributed by atoms with E-state index in [0.29, 0.717) is 11.6 Å². The van der Waals surface area contributed by atoms with Crippen LogP contribution in [0.2, 0.25) is 5.02 Å². The topological polar surface area (TPSA) is 36.9 Å². The van der Waals surface area contributed by atoms with Gasteiger partial charge in [-0.2, -0.15) is 0 Å². The molecule has 7 rings (SSSR count). The summed E-state index contributed by atoms with van der Waals surface area (Å²) in [5, 5.41) is 4.45. The molecule has 0 amide bonds. The zero-order chi connectivity index (χ0) is 28.5. The third-order valence-electron chi connectivity index (χ3n) is 7.54. The van der Waals surface area contributed by atoms with Crippen LogP contribution >= 0.6 is 35.1 Å². The number of aliphatic imine (C=N–C) groups is 1. The van der Waals surface area contributed by atoms with Crippen LogP contribution in [0, 0.1) is 5.92 Å². The van der Waals surface area contributed by atoms with E-state index in [-0.39, 0.29) is 11.2 Å². The second-order valence-corrected chi connectivity index (χ2v) is 12.8. The highest BCUT2D eigenvalue weighted by Crippen LogP contribution is 2.53. The van der Waals surface area contributed by atoms with E-state index in [9.17, 15) is 0 Å². The maximum absolute atomic E-state index is 6.63. The number of thioether (sulfide) groups is 1. The van der Waals surface area contributed by atoms with Gasteiger partial charge in [0.1, 0.15) is 11.6 Å². The SMILES string of the molecule is COc1ccc(C2Sc3ccccc3N=C(N3c4ccccc4Sc4ccccc43)C2CNc2ccccc2Cl)cc1. The fourth-order valence-corrected chi connectivity index (χ4v) is 8.09. The molecular weight excluding hydrogens is 578 g/mol. The maximum atomic E-state index is 6.63. The van der Waals surface area contributed by atoms with E-state index >= 15 is 0 Å². The molecule has 208 valence electrons. The van der Waals surface area contributed by atoms with Gasteiger partial charge in [-0.25, -0.2) is 4.99 Å². The molecule has 5 aromatic rings. The van der Waals surface area contributed by atoms with Crippen molar-refractivity contribution in [3.05, 3.63) is 132 Å². The minimum atomic E-state index is -0.0312. The number of para-hydroxylation sites is 4. The number of nitrogens with one attached hydrogen (secondary N) is 1. The van der Waals surface area contributed by atoms with Gasteiger partial charge >= 0.3 is 0 Å². The Morgan fingerprint density at radius 2 is 1.38 bits per heavy atom. The van der Waals surface area contributed by atoms with Gasteiger partial charge < -0.3 is 10.1 Å². The van der Waals surface area contributed by atoms with Crippen LogP contribution in [0.5, 0.6) is 5.75 Å². The highest BCUT2D eigenvalue weighted by Gasteiger charge is 2.38. The van der Waals surface area contributed by atoms with Gasteiger partial charge in [0.2, 0.25) is 0 Å². The minimum absolute atomic E-state index is 0.0312. The lowest BCUT2D eigenvalue weighted by Crippen LogP contribution is -2.39. The number of nitrogens with zero attached hydrogens (tertiary/aromatic N) is 2. The molecule has 0 bridgehead atoms. The zero-order valence-corrected chi connectivity index (χ0v) is 25.3. The van der Waals surface area contributed by atoms with E-state index in [1.807, 2.05) is 48.2 Å². The Labute approximate surface area is 259 Å². The molecule has 2 heterocycles. The molecule has 0 spiro atoms. The van der Waals surface area contributed by atoms with Gasteiger partial charge in [-0.15, -0.1) is 11.8 Å². The smallest absolute Gasteiger partial charge is 0.120 e. The normalized spacial score (nSPS) is 17.3. The number of benzene rings is 5. The number of hydrogen-bond donors (Lipinski definition) is 1. The fourth-order valence-electron chi connectivity index (χ4n) is 5.49. The molecule has 2 aliphatic rings. The molecule has 7 heteroatoms. The Kier molecular flexibility index (Phi) is 7.59. The average molecular weight is 606 g/mol. The summed E-state index contributed by atoms with van der Waals surface area (Å²) in [5.41, 5.74) is 5.38. The van der Waals surface area contributed by atoms with Crippen molar-refractivity contribution >= 4 is 63.7 Å². The molecule has 0 aliphatic carbocycles. The second-order valence-electron chi connectivity index (χ2n) is 10.1. The summed E-state index contributed by atoms with van der Waals surface area (Å²) in [6, 6.07) is 42.0. The lowest BCUT2D eigenvalue weighted by atomic mass is 9.95. The van der Waals surface area contributed by atoms with E-state index in [2.05, 4.69) is 95.1 Å². The number of anilines is 3. The van der Waals surface area contributed by atoms with E-state index in [0.717, 1.165) is 39.2 Å². The molecule has 5 aromatic carbocycles. The molecular formula is C35H28ClN3OS2. The van der Waals surface area contributed by atoms with Crippen LogP contribution in [0.1, 0.15) is 10.8 Å². The highest BCUT2D eigenvalue weighted by molar-refractivity contribution is 8.00. The van der Waals surface area contributed by atoms with E-state index in [1.165, 1.54) is 15.4 Å². The van der Waals surface area contributed by atoms with E-state index in [4.69, 9.17) is 21.3 Å². The van der Waals surface area contributed by atoms with Crippen molar-refractivity contribution < 1.29 is 4.74 Å². The van der Waals surface area contributed by atoms with Crippen LogP contribution in [0.3, 0.4) is 0 Å². The lowest BCUT2D eigenvalue weighted by molar-refractivity contribution is 0.414. The van der Waals surface area contributed by atoms with Crippen molar-refractivity contribution in [1.29, 1.82) is 0 Å². The Bertz CT molecular complexity index is 1730. The van der Waals surface area contributed by atoms with E-state index in [1.54, 1.807) is 18.9 Å². The largest absolute Gasteiger partial charge is 0.497 e. The van der Waals surface area contributed by atoms with Gasteiger partial charge in [-0.05, 0) is 66.2 Å². The summed E-state index contributed by atoms with van der Waals surface area (Å²) in [6.45, 7) is 0.633. The van der Waals surface area contributed by atoms with Crippen molar-refractivity contribution in [2.75, 3.05) is 23.9 Å². The first-order chi connectivity index (χ1) is 20.7. The first kappa shape index (κ1) is 27.0. The molecule has 0 saturated heterocycles. The van der Waals surface area contributed by atoms with E-state index < -0.39 is 0 Å². The van der Waals surface area contributed by atoms with Gasteiger partial charge in [0.05, 0.1) is 40.8 Å². The van der Waals surface area contributed by atoms with Crippen molar-refractivity contribution in [3.63, 3.8) is 0 Å². The van der Waals surface area contributed by atoms with Crippen LogP contribution in [0.25, 0.3) is 0 Å². The quantitative estimate of drug-likeness (QED) is 0.216. The molecule has 0 aromatic heterocycles. The molecule has 2 aliphatic heterocycles. The monoisotopic (exact) mass is 605 g/mol. The molecule has 0 fully saturated rings. The number of rotatable bonds is 5. The van der Waals surface area contributed by atoms with Crippen molar-refractivity contribution in [2.45, 2.75) is 19.9 Å². The lowest BCUT2D eigenvalue weighted by Gasteiger charge is -2.38. The first-order valence-electron chi connectivity index (χ1n) is 13.8. The highest BCUT2D eigenvalue weighted by atomic mass is 35.5. The Hall–Kier alpha value is -3.84. The zero-order valence-electron chi connectivity index (χ0n) is 22.9. The second kappa shape index (κ2) is 11.8. The van der Waals surface area contributed by atoms with Crippen molar-refractivity contribution in [1.82, 2.24) is 0 Å². The van der Waals surface area contributed by atoms with Crippen molar-refractivity contribution in [3.8, 4) is 5.75 Å². The minimum Gasteiger partial charge on any atom is -0.497 e. The Balaban J connectivity index is 1.43. The van der Waals surface area contributed by atoms with Gasteiger partial charge in [0.25, 0.3) is 0 Å². The summed E-state index contributed by atoms with van der Waals surface area (Å²) < 4.78 is 5.51. The summed E-state index contributed by atoms with van der Waals surface area (Å²) in [6.07, 6.45) is 0. The third kappa shape index (κ3) is 5.15. The van der Waals surface area contributed by atoms with Gasteiger partial charge in [0, 0.05) is 26.5 Å². The Morgan fingerprint density at radius 1 is 0.762 bits per heavy atom. The third-order valence-corrected chi connectivity index (χ3v) is 10.5. The summed E-state index contributed by atoms with van der Waals surface area (Å²) in [5.74, 6) is 1.80. The fraction of sp³-hybridized carbons (Fsp3) is 0.114. The molecule has 2 unspecified atom stereocenters. The number of halogens is 1. The predicted molar refractivity (Wildman–Crippen MR) is 178 cm³/mol. The van der Waals surface area contributed by atoms with Gasteiger partial charge in [-0.3, -0.25) is 4.90 Å².